The molecule has 20 heavy (non-hydrogen) atoms. The van der Waals surface area contributed by atoms with E-state index in [4.69, 9.17) is 23.2 Å². The molecule has 0 atom stereocenters. The van der Waals surface area contributed by atoms with Crippen LogP contribution in [0.3, 0.4) is 0 Å². The molecule has 0 aliphatic heterocycles. The van der Waals surface area contributed by atoms with E-state index in [1.54, 1.807) is 0 Å². The predicted molar refractivity (Wildman–Crippen MR) is 78.6 cm³/mol. The Labute approximate surface area is 132 Å². The first-order valence-electron chi connectivity index (χ1n) is 5.50. The van der Waals surface area contributed by atoms with Gasteiger partial charge in [-0.3, -0.25) is 4.79 Å². The molecule has 1 nitrogen and oxygen atoms in total. The van der Waals surface area contributed by atoms with Gasteiger partial charge < -0.3 is 0 Å². The summed E-state index contributed by atoms with van der Waals surface area (Å²) in [6, 6.07) is 6.53. The van der Waals surface area contributed by atoms with Crippen LogP contribution in [0.5, 0.6) is 0 Å². The number of benzene rings is 2. The van der Waals surface area contributed by atoms with Crippen molar-refractivity contribution in [2.24, 2.45) is 0 Å². The number of hydrogen-bond acceptors (Lipinski definition) is 1. The summed E-state index contributed by atoms with van der Waals surface area (Å²) in [6.07, 6.45) is -0.131. The van der Waals surface area contributed by atoms with Crippen LogP contribution in [0.4, 0.5) is 8.78 Å². The number of hydrogen-bond donors (Lipinski definition) is 0. The Morgan fingerprint density at radius 2 is 1.85 bits per heavy atom. The highest BCUT2D eigenvalue weighted by atomic mass is 79.9. The van der Waals surface area contributed by atoms with Gasteiger partial charge in [-0.1, -0.05) is 29.3 Å². The van der Waals surface area contributed by atoms with Crippen LogP contribution in [0.1, 0.15) is 15.9 Å². The fourth-order valence-electron chi connectivity index (χ4n) is 1.67. The summed E-state index contributed by atoms with van der Waals surface area (Å²) in [5.41, 5.74) is 0.301. The molecule has 0 radical (unpaired) electrons. The van der Waals surface area contributed by atoms with Gasteiger partial charge in [0.1, 0.15) is 5.82 Å². The van der Waals surface area contributed by atoms with Gasteiger partial charge in [0.15, 0.2) is 11.6 Å². The molecule has 0 aliphatic rings. The van der Waals surface area contributed by atoms with Crippen LogP contribution in [0, 0.1) is 11.6 Å². The molecule has 0 spiro atoms. The van der Waals surface area contributed by atoms with Crippen LogP contribution in [-0.2, 0) is 6.42 Å². The van der Waals surface area contributed by atoms with Crippen molar-refractivity contribution in [2.75, 3.05) is 0 Å². The van der Waals surface area contributed by atoms with E-state index >= 15 is 0 Å². The number of rotatable bonds is 3. The van der Waals surface area contributed by atoms with Crippen LogP contribution in [-0.4, -0.2) is 5.78 Å². The van der Waals surface area contributed by atoms with Crippen molar-refractivity contribution in [3.63, 3.8) is 0 Å². The molecule has 0 fully saturated rings. The van der Waals surface area contributed by atoms with E-state index in [1.807, 2.05) is 0 Å². The summed E-state index contributed by atoms with van der Waals surface area (Å²) in [7, 11) is 0. The second-order valence-electron chi connectivity index (χ2n) is 4.06. The molecule has 0 saturated heterocycles. The van der Waals surface area contributed by atoms with E-state index < -0.39 is 17.4 Å². The molecule has 0 aromatic heterocycles. The average molecular weight is 380 g/mol. The second-order valence-corrected chi connectivity index (χ2v) is 5.70. The molecule has 2 rings (SSSR count). The van der Waals surface area contributed by atoms with Crippen LogP contribution in [0.25, 0.3) is 0 Å². The number of carbonyl (C=O) groups is 1. The van der Waals surface area contributed by atoms with Gasteiger partial charge in [0.25, 0.3) is 0 Å². The van der Waals surface area contributed by atoms with Crippen molar-refractivity contribution in [1.29, 1.82) is 0 Å². The maximum Gasteiger partial charge on any atom is 0.170 e. The summed E-state index contributed by atoms with van der Waals surface area (Å²) in [6.45, 7) is 0. The van der Waals surface area contributed by atoms with E-state index in [2.05, 4.69) is 15.9 Å². The first kappa shape index (κ1) is 15.4. The summed E-state index contributed by atoms with van der Waals surface area (Å²) in [4.78, 5) is 12.1. The van der Waals surface area contributed by atoms with Crippen LogP contribution in [0.2, 0.25) is 10.0 Å². The Morgan fingerprint density at radius 1 is 1.15 bits per heavy atom. The third-order valence-corrected chi connectivity index (χ3v) is 4.31. The van der Waals surface area contributed by atoms with E-state index in [9.17, 15) is 13.6 Å². The first-order chi connectivity index (χ1) is 9.40. The minimum atomic E-state index is -0.788. The predicted octanol–water partition coefficient (Wildman–Crippen LogP) is 5.46. The fraction of sp³-hybridized carbons (Fsp3) is 0.0714. The third-order valence-electron chi connectivity index (χ3n) is 2.70. The van der Waals surface area contributed by atoms with Crippen LogP contribution < -0.4 is 0 Å². The van der Waals surface area contributed by atoms with E-state index in [0.717, 1.165) is 6.07 Å². The van der Waals surface area contributed by atoms with Gasteiger partial charge in [-0.05, 0) is 45.8 Å². The maximum absolute atomic E-state index is 13.9. The van der Waals surface area contributed by atoms with Crippen molar-refractivity contribution in [1.82, 2.24) is 0 Å². The standard InChI is InChI=1S/C14H7BrCl2F2O/c15-10-4-3-9(14(19)13(10)17)12(20)5-7-1-2-8(18)6-11(7)16/h1-4,6H,5H2. The Morgan fingerprint density at radius 3 is 2.50 bits per heavy atom. The molecule has 0 heterocycles. The van der Waals surface area contributed by atoms with Gasteiger partial charge in [-0.25, -0.2) is 8.78 Å². The number of Topliss-reactive ketones (excluding diaryl/α,β-unsaturated/α-hetero) is 1. The molecular weight excluding hydrogens is 373 g/mol. The zero-order valence-corrected chi connectivity index (χ0v) is 13.0. The smallest absolute Gasteiger partial charge is 0.170 e. The van der Waals surface area contributed by atoms with Gasteiger partial charge in [0, 0.05) is 15.9 Å². The molecule has 6 heteroatoms. The largest absolute Gasteiger partial charge is 0.294 e. The summed E-state index contributed by atoms with van der Waals surface area (Å²) >= 11 is 14.6. The summed E-state index contributed by atoms with van der Waals surface area (Å²) in [5.74, 6) is -1.77. The lowest BCUT2D eigenvalue weighted by atomic mass is 10.0. The summed E-state index contributed by atoms with van der Waals surface area (Å²) in [5, 5.41) is -0.0250. The minimum absolute atomic E-state index is 0.126. The number of halogens is 5. The second kappa shape index (κ2) is 6.20. The van der Waals surface area contributed by atoms with Crippen molar-refractivity contribution in [3.8, 4) is 0 Å². The lowest BCUT2D eigenvalue weighted by Crippen LogP contribution is -2.07. The molecule has 2 aromatic carbocycles. The van der Waals surface area contributed by atoms with Gasteiger partial charge in [-0.15, -0.1) is 0 Å². The fourth-order valence-corrected chi connectivity index (χ4v) is 2.38. The molecule has 104 valence electrons. The molecule has 0 bridgehead atoms. The van der Waals surface area contributed by atoms with Gasteiger partial charge in [-0.2, -0.15) is 0 Å². The molecule has 0 N–H and O–H groups in total. The monoisotopic (exact) mass is 378 g/mol. The highest BCUT2D eigenvalue weighted by Gasteiger charge is 2.17. The van der Waals surface area contributed by atoms with Crippen molar-refractivity contribution < 1.29 is 13.6 Å². The quantitative estimate of drug-likeness (QED) is 0.511. The van der Waals surface area contributed by atoms with Gasteiger partial charge >= 0.3 is 0 Å². The SMILES string of the molecule is O=C(Cc1ccc(F)cc1Cl)c1ccc(Br)c(Cl)c1F. The Hall–Kier alpha value is -0.970. The van der Waals surface area contributed by atoms with Crippen molar-refractivity contribution in [2.45, 2.75) is 6.42 Å². The number of ketones is 1. The number of carbonyl (C=O) groups excluding carboxylic acids is 1. The average Bonchev–Trinajstić information content (AvgIpc) is 2.39. The molecule has 0 unspecified atom stereocenters. The highest BCUT2D eigenvalue weighted by Crippen LogP contribution is 2.28. The Balaban J connectivity index is 2.31. The highest BCUT2D eigenvalue weighted by molar-refractivity contribution is 9.10. The summed E-state index contributed by atoms with van der Waals surface area (Å²) < 4.78 is 27.2. The zero-order chi connectivity index (χ0) is 14.9. The first-order valence-corrected chi connectivity index (χ1v) is 7.05. The van der Waals surface area contributed by atoms with E-state index in [1.165, 1.54) is 24.3 Å². The minimum Gasteiger partial charge on any atom is -0.294 e. The molecule has 0 aliphatic carbocycles. The lowest BCUT2D eigenvalue weighted by molar-refractivity contribution is 0.0989. The van der Waals surface area contributed by atoms with Crippen LogP contribution in [0.15, 0.2) is 34.8 Å². The Kier molecular flexibility index (Phi) is 4.78. The molecular formula is C14H7BrCl2F2O. The molecule has 0 amide bonds. The topological polar surface area (TPSA) is 17.1 Å². The molecule has 2 aromatic rings. The van der Waals surface area contributed by atoms with E-state index in [0.29, 0.717) is 10.0 Å². The van der Waals surface area contributed by atoms with Gasteiger partial charge in [0.2, 0.25) is 0 Å². The lowest BCUT2D eigenvalue weighted by Gasteiger charge is -2.07. The zero-order valence-electron chi connectivity index (χ0n) is 9.89. The van der Waals surface area contributed by atoms with E-state index in [-0.39, 0.29) is 22.0 Å². The van der Waals surface area contributed by atoms with Crippen molar-refractivity contribution >= 4 is 44.9 Å². The normalized spacial score (nSPS) is 10.7. The maximum atomic E-state index is 13.9. The molecule has 0 saturated carbocycles. The van der Waals surface area contributed by atoms with Crippen molar-refractivity contribution in [3.05, 3.63) is 67.6 Å². The van der Waals surface area contributed by atoms with Crippen LogP contribution >= 0.6 is 39.1 Å². The third kappa shape index (κ3) is 3.19. The Bertz CT molecular complexity index is 689. The van der Waals surface area contributed by atoms with Gasteiger partial charge in [0.05, 0.1) is 10.6 Å².